The van der Waals surface area contributed by atoms with Gasteiger partial charge in [0, 0.05) is 16.8 Å². The van der Waals surface area contributed by atoms with Crippen LogP contribution in [0.2, 0.25) is 0 Å². The number of halogens is 1. The summed E-state index contributed by atoms with van der Waals surface area (Å²) < 4.78 is 0. The number of nitrogen functional groups attached to an aromatic ring is 1. The maximum absolute atomic E-state index is 12.1. The number of hydrogen-bond donors (Lipinski definition) is 2. The summed E-state index contributed by atoms with van der Waals surface area (Å²) in [6, 6.07) is 5.44. The van der Waals surface area contributed by atoms with Crippen molar-refractivity contribution < 1.29 is 4.79 Å². The molecule has 1 amide bonds. The Morgan fingerprint density at radius 1 is 1.44 bits per heavy atom. The maximum atomic E-state index is 12.1. The zero-order chi connectivity index (χ0) is 12.5. The van der Waals surface area contributed by atoms with Gasteiger partial charge in [-0.05, 0) is 56.4 Å². The van der Waals surface area contributed by atoms with Gasteiger partial charge >= 0.3 is 0 Å². The van der Waals surface area contributed by atoms with Gasteiger partial charge < -0.3 is 11.1 Å². The van der Waals surface area contributed by atoms with E-state index in [4.69, 9.17) is 5.73 Å². The van der Waals surface area contributed by atoms with Crippen LogP contribution >= 0.6 is 12.4 Å². The van der Waals surface area contributed by atoms with Crippen molar-refractivity contribution in [3.8, 4) is 0 Å². The number of carbonyl (C=O) groups excluding carboxylic acids is 1. The van der Waals surface area contributed by atoms with E-state index in [1.807, 2.05) is 13.0 Å². The summed E-state index contributed by atoms with van der Waals surface area (Å²) in [7, 11) is 0. The van der Waals surface area contributed by atoms with E-state index in [-0.39, 0.29) is 23.9 Å². The molecule has 1 fully saturated rings. The highest BCUT2D eigenvalue weighted by molar-refractivity contribution is 5.95. The number of carbonyl (C=O) groups is 1. The molecule has 1 aromatic carbocycles. The lowest BCUT2D eigenvalue weighted by Crippen LogP contribution is -2.52. The summed E-state index contributed by atoms with van der Waals surface area (Å²) >= 11 is 0. The average molecular weight is 269 g/mol. The summed E-state index contributed by atoms with van der Waals surface area (Å²) in [5.41, 5.74) is 8.19. The Morgan fingerprint density at radius 3 is 2.56 bits per heavy atom. The Hall–Kier alpha value is -1.22. The fraction of sp³-hybridized carbons (Fsp3) is 0.500. The highest BCUT2D eigenvalue weighted by atomic mass is 35.5. The van der Waals surface area contributed by atoms with Crippen LogP contribution in [0, 0.1) is 6.92 Å². The van der Waals surface area contributed by atoms with Crippen LogP contribution in [0.25, 0.3) is 0 Å². The molecule has 0 heterocycles. The van der Waals surface area contributed by atoms with E-state index in [1.165, 1.54) is 6.42 Å². The van der Waals surface area contributed by atoms with Crippen molar-refractivity contribution in [2.75, 3.05) is 5.73 Å². The lowest BCUT2D eigenvalue weighted by atomic mass is 9.74. The van der Waals surface area contributed by atoms with E-state index in [9.17, 15) is 4.79 Å². The lowest BCUT2D eigenvalue weighted by molar-refractivity contribution is 0.0820. The molecule has 1 aliphatic rings. The zero-order valence-corrected chi connectivity index (χ0v) is 11.8. The highest BCUT2D eigenvalue weighted by Gasteiger charge is 2.36. The van der Waals surface area contributed by atoms with Gasteiger partial charge in [0.1, 0.15) is 0 Å². The van der Waals surface area contributed by atoms with E-state index >= 15 is 0 Å². The molecular formula is C14H21ClN2O. The van der Waals surface area contributed by atoms with Gasteiger partial charge in [-0.3, -0.25) is 4.79 Å². The minimum Gasteiger partial charge on any atom is -0.399 e. The molecule has 4 heteroatoms. The van der Waals surface area contributed by atoms with E-state index in [0.29, 0.717) is 5.56 Å². The van der Waals surface area contributed by atoms with Crippen molar-refractivity contribution in [1.29, 1.82) is 0 Å². The van der Waals surface area contributed by atoms with Crippen LogP contribution in [0.4, 0.5) is 5.69 Å². The molecule has 1 aliphatic carbocycles. The quantitative estimate of drug-likeness (QED) is 0.828. The van der Waals surface area contributed by atoms with Gasteiger partial charge in [-0.2, -0.15) is 0 Å². The standard InChI is InChI=1S/C14H20N2O.ClH/c1-3-14(7-4-8-14)16-13(17)11-5-6-12(15)10(2)9-11;/h5-6,9H,3-4,7-8,15H2,1-2H3,(H,16,17);1H. The average Bonchev–Trinajstić information content (AvgIpc) is 2.27. The Morgan fingerprint density at radius 2 is 2.11 bits per heavy atom. The van der Waals surface area contributed by atoms with Gasteiger partial charge in [0.15, 0.2) is 0 Å². The van der Waals surface area contributed by atoms with E-state index in [2.05, 4.69) is 12.2 Å². The van der Waals surface area contributed by atoms with Crippen LogP contribution in [0.1, 0.15) is 48.5 Å². The highest BCUT2D eigenvalue weighted by Crippen LogP contribution is 2.34. The molecule has 18 heavy (non-hydrogen) atoms. The van der Waals surface area contributed by atoms with Crippen molar-refractivity contribution in [2.45, 2.75) is 45.1 Å². The zero-order valence-electron chi connectivity index (χ0n) is 11.0. The molecule has 0 unspecified atom stereocenters. The predicted molar refractivity (Wildman–Crippen MR) is 77.2 cm³/mol. The number of anilines is 1. The number of hydrogen-bond acceptors (Lipinski definition) is 2. The topological polar surface area (TPSA) is 55.1 Å². The third-order valence-corrected chi connectivity index (χ3v) is 3.90. The van der Waals surface area contributed by atoms with Crippen molar-refractivity contribution in [2.24, 2.45) is 0 Å². The van der Waals surface area contributed by atoms with Crippen molar-refractivity contribution in [3.05, 3.63) is 29.3 Å². The van der Waals surface area contributed by atoms with Crippen LogP contribution in [0.5, 0.6) is 0 Å². The second-order valence-corrected chi connectivity index (χ2v) is 5.01. The minimum atomic E-state index is 0. The maximum Gasteiger partial charge on any atom is 0.251 e. The summed E-state index contributed by atoms with van der Waals surface area (Å²) in [5, 5.41) is 3.16. The third-order valence-electron chi connectivity index (χ3n) is 3.90. The molecule has 0 aromatic heterocycles. The second-order valence-electron chi connectivity index (χ2n) is 5.01. The number of rotatable bonds is 3. The van der Waals surface area contributed by atoms with Crippen LogP contribution in [0.3, 0.4) is 0 Å². The molecule has 0 bridgehead atoms. The molecule has 3 nitrogen and oxygen atoms in total. The van der Waals surface area contributed by atoms with Crippen molar-refractivity contribution in [3.63, 3.8) is 0 Å². The van der Waals surface area contributed by atoms with Gasteiger partial charge in [-0.25, -0.2) is 0 Å². The molecule has 1 aromatic rings. The largest absolute Gasteiger partial charge is 0.399 e. The molecule has 0 saturated heterocycles. The van der Waals surface area contributed by atoms with Gasteiger partial charge in [0.05, 0.1) is 0 Å². The first-order valence-corrected chi connectivity index (χ1v) is 6.25. The van der Waals surface area contributed by atoms with Crippen molar-refractivity contribution in [1.82, 2.24) is 5.32 Å². The van der Waals surface area contributed by atoms with Crippen molar-refractivity contribution >= 4 is 24.0 Å². The molecule has 2 rings (SSSR count). The number of benzene rings is 1. The van der Waals surface area contributed by atoms with Gasteiger partial charge in [-0.1, -0.05) is 6.92 Å². The molecule has 0 radical (unpaired) electrons. The van der Waals surface area contributed by atoms with Gasteiger partial charge in [0.25, 0.3) is 5.91 Å². The van der Waals surface area contributed by atoms with Crippen LogP contribution in [-0.4, -0.2) is 11.4 Å². The first-order chi connectivity index (χ1) is 8.06. The first-order valence-electron chi connectivity index (χ1n) is 6.25. The second kappa shape index (κ2) is 5.61. The minimum absolute atomic E-state index is 0. The number of amides is 1. The summed E-state index contributed by atoms with van der Waals surface area (Å²) in [5.74, 6) is 0.0228. The third kappa shape index (κ3) is 2.78. The normalized spacial score (nSPS) is 16.3. The summed E-state index contributed by atoms with van der Waals surface area (Å²) in [4.78, 5) is 12.1. The van der Waals surface area contributed by atoms with Gasteiger partial charge in [0.2, 0.25) is 0 Å². The van der Waals surface area contributed by atoms with Gasteiger partial charge in [-0.15, -0.1) is 12.4 Å². The molecule has 3 N–H and O–H groups in total. The summed E-state index contributed by atoms with van der Waals surface area (Å²) in [6.07, 6.45) is 4.42. The van der Waals surface area contributed by atoms with E-state index in [0.717, 1.165) is 30.5 Å². The number of nitrogens with one attached hydrogen (secondary N) is 1. The Bertz CT molecular complexity index is 436. The monoisotopic (exact) mass is 268 g/mol. The number of aryl methyl sites for hydroxylation is 1. The smallest absolute Gasteiger partial charge is 0.251 e. The fourth-order valence-corrected chi connectivity index (χ4v) is 2.30. The molecule has 100 valence electrons. The fourth-order valence-electron chi connectivity index (χ4n) is 2.30. The van der Waals surface area contributed by atoms with E-state index in [1.54, 1.807) is 12.1 Å². The molecule has 0 atom stereocenters. The van der Waals surface area contributed by atoms with Crippen LogP contribution in [-0.2, 0) is 0 Å². The Kier molecular flexibility index (Phi) is 4.63. The SMILES string of the molecule is CCC1(NC(=O)c2ccc(N)c(C)c2)CCC1.Cl. The first kappa shape index (κ1) is 14.8. The van der Waals surface area contributed by atoms with Crippen LogP contribution < -0.4 is 11.1 Å². The Balaban J connectivity index is 0.00000162. The Labute approximate surface area is 115 Å². The molecular weight excluding hydrogens is 248 g/mol. The van der Waals surface area contributed by atoms with E-state index < -0.39 is 0 Å². The lowest BCUT2D eigenvalue weighted by Gasteiger charge is -2.42. The molecule has 1 saturated carbocycles. The number of nitrogens with two attached hydrogens (primary N) is 1. The van der Waals surface area contributed by atoms with Crippen LogP contribution in [0.15, 0.2) is 18.2 Å². The predicted octanol–water partition coefficient (Wildman–Crippen LogP) is 3.06. The molecule has 0 spiro atoms. The summed E-state index contributed by atoms with van der Waals surface area (Å²) in [6.45, 7) is 4.05. The molecule has 0 aliphatic heterocycles.